The molecule has 2 aromatic rings. The van der Waals surface area contributed by atoms with Gasteiger partial charge in [-0.1, -0.05) is 12.1 Å². The van der Waals surface area contributed by atoms with Crippen LogP contribution in [0.3, 0.4) is 0 Å². The first-order valence-electron chi connectivity index (χ1n) is 9.96. The molecule has 0 aliphatic carbocycles. The van der Waals surface area contributed by atoms with Crippen LogP contribution in [0.2, 0.25) is 0 Å². The minimum Gasteiger partial charge on any atom is -0.369 e. The Kier molecular flexibility index (Phi) is 11.4. The maximum atomic E-state index is 13.1. The number of carbonyl (C=O) groups excluding carboxylic acids is 1. The summed E-state index contributed by atoms with van der Waals surface area (Å²) < 4.78 is 15.1. The highest BCUT2D eigenvalue weighted by atomic mass is 127. The van der Waals surface area contributed by atoms with E-state index in [1.165, 1.54) is 12.1 Å². The van der Waals surface area contributed by atoms with Crippen LogP contribution >= 0.6 is 24.0 Å². The Bertz CT molecular complexity index is 821. The van der Waals surface area contributed by atoms with Crippen molar-refractivity contribution in [1.29, 1.82) is 0 Å². The number of aliphatic imine (C=N–C) groups is 1. The summed E-state index contributed by atoms with van der Waals surface area (Å²) in [7, 11) is 0. The first kappa shape index (κ1) is 25.9. The van der Waals surface area contributed by atoms with Crippen molar-refractivity contribution in [1.82, 2.24) is 20.4 Å². The van der Waals surface area contributed by atoms with Gasteiger partial charge in [-0.05, 0) is 57.4 Å². The molecule has 0 aliphatic rings. The number of hydrogen-bond acceptors (Lipinski definition) is 3. The number of halogens is 2. The predicted octanol–water partition coefficient (Wildman–Crippen LogP) is 2.55. The number of carbonyl (C=O) groups is 1. The van der Waals surface area contributed by atoms with Crippen molar-refractivity contribution in [3.05, 3.63) is 53.1 Å². The summed E-state index contributed by atoms with van der Waals surface area (Å²) in [5.74, 6) is -0.531. The fourth-order valence-corrected chi connectivity index (χ4v) is 3.04. The largest absolute Gasteiger partial charge is 0.369 e. The number of nitrogens with zero attached hydrogens (tertiary/aromatic N) is 3. The number of rotatable bonds is 10. The first-order chi connectivity index (χ1) is 13.9. The Morgan fingerprint density at radius 3 is 2.53 bits per heavy atom. The van der Waals surface area contributed by atoms with Crippen molar-refractivity contribution in [2.75, 3.05) is 19.6 Å². The second-order valence-electron chi connectivity index (χ2n) is 7.08. The Morgan fingerprint density at radius 2 is 1.97 bits per heavy atom. The molecule has 30 heavy (non-hydrogen) atoms. The van der Waals surface area contributed by atoms with Crippen LogP contribution in [0.1, 0.15) is 30.3 Å². The van der Waals surface area contributed by atoms with Crippen LogP contribution in [0.15, 0.2) is 35.3 Å². The van der Waals surface area contributed by atoms with E-state index in [-0.39, 0.29) is 36.3 Å². The van der Waals surface area contributed by atoms with Crippen molar-refractivity contribution in [3.63, 3.8) is 0 Å². The first-order valence-corrected chi connectivity index (χ1v) is 9.96. The fraction of sp³-hybridized carbons (Fsp3) is 0.476. The van der Waals surface area contributed by atoms with Gasteiger partial charge in [0.2, 0.25) is 5.91 Å². The topological polar surface area (TPSA) is 97.3 Å². The Morgan fingerprint density at radius 1 is 1.27 bits per heavy atom. The molecule has 1 heterocycles. The molecular formula is C21H32FIN6O. The van der Waals surface area contributed by atoms with Gasteiger partial charge in [0.05, 0.1) is 18.2 Å². The highest BCUT2D eigenvalue weighted by molar-refractivity contribution is 14.0. The fourth-order valence-electron chi connectivity index (χ4n) is 3.04. The number of hydrogen-bond donors (Lipinski definition) is 3. The lowest BCUT2D eigenvalue weighted by molar-refractivity contribution is -0.121. The summed E-state index contributed by atoms with van der Waals surface area (Å²) in [5, 5.41) is 10.9. The van der Waals surface area contributed by atoms with Crippen molar-refractivity contribution < 1.29 is 9.18 Å². The number of benzene rings is 1. The molecule has 1 atom stereocenters. The molecular weight excluding hydrogens is 498 g/mol. The summed E-state index contributed by atoms with van der Waals surface area (Å²) >= 11 is 0. The van der Waals surface area contributed by atoms with E-state index in [9.17, 15) is 9.18 Å². The molecule has 7 nitrogen and oxygen atoms in total. The van der Waals surface area contributed by atoms with Crippen LogP contribution in [0.4, 0.5) is 4.39 Å². The standard InChI is InChI=1S/C21H31FN6O.HI/c1-4-24-21(25-10-5-11-28-16(3)12-15(2)27-28)26-14-18(20(23)29)13-17-6-8-19(22)9-7-17;/h6-9,12,18H,4-5,10-11,13-14H2,1-3H3,(H2,23,29)(H2,24,25,26);1H. The van der Waals surface area contributed by atoms with Crippen LogP contribution in [0, 0.1) is 25.6 Å². The Hall–Kier alpha value is -2.17. The third kappa shape index (κ3) is 8.68. The molecule has 1 aromatic heterocycles. The number of primary amides is 1. The van der Waals surface area contributed by atoms with E-state index < -0.39 is 11.8 Å². The quantitative estimate of drug-likeness (QED) is 0.190. The summed E-state index contributed by atoms with van der Waals surface area (Å²) in [5.41, 5.74) is 8.56. The third-order valence-electron chi connectivity index (χ3n) is 4.55. The molecule has 0 fully saturated rings. The lowest BCUT2D eigenvalue weighted by atomic mass is 9.99. The van der Waals surface area contributed by atoms with E-state index in [1.807, 2.05) is 25.5 Å². The predicted molar refractivity (Wildman–Crippen MR) is 129 cm³/mol. The average Bonchev–Trinajstić information content (AvgIpc) is 3.00. The van der Waals surface area contributed by atoms with E-state index in [0.717, 1.165) is 36.5 Å². The molecule has 0 saturated heterocycles. The normalized spacial score (nSPS) is 12.2. The van der Waals surface area contributed by atoms with E-state index in [0.29, 0.717) is 18.9 Å². The molecule has 0 saturated carbocycles. The average molecular weight is 530 g/mol. The van der Waals surface area contributed by atoms with E-state index in [1.54, 1.807) is 12.1 Å². The van der Waals surface area contributed by atoms with Crippen molar-refractivity contribution >= 4 is 35.8 Å². The van der Waals surface area contributed by atoms with E-state index in [4.69, 9.17) is 5.73 Å². The van der Waals surface area contributed by atoms with Crippen LogP contribution < -0.4 is 16.4 Å². The zero-order valence-corrected chi connectivity index (χ0v) is 20.2. The molecule has 2 rings (SSSR count). The zero-order valence-electron chi connectivity index (χ0n) is 17.8. The summed E-state index contributed by atoms with van der Waals surface area (Å²) in [6.07, 6.45) is 1.32. The summed E-state index contributed by atoms with van der Waals surface area (Å²) in [6, 6.07) is 8.15. The van der Waals surface area contributed by atoms with Gasteiger partial charge in [-0.3, -0.25) is 14.5 Å². The van der Waals surface area contributed by atoms with Gasteiger partial charge in [0.1, 0.15) is 5.82 Å². The molecule has 9 heteroatoms. The van der Waals surface area contributed by atoms with Gasteiger partial charge in [0, 0.05) is 25.3 Å². The van der Waals surface area contributed by atoms with Crippen molar-refractivity contribution in [2.24, 2.45) is 16.6 Å². The molecule has 1 amide bonds. The van der Waals surface area contributed by atoms with Crippen molar-refractivity contribution in [3.8, 4) is 0 Å². The van der Waals surface area contributed by atoms with Crippen molar-refractivity contribution in [2.45, 2.75) is 40.2 Å². The minimum absolute atomic E-state index is 0. The van der Waals surface area contributed by atoms with Gasteiger partial charge in [-0.2, -0.15) is 5.10 Å². The van der Waals surface area contributed by atoms with E-state index >= 15 is 0 Å². The number of aromatic nitrogens is 2. The molecule has 0 bridgehead atoms. The highest BCUT2D eigenvalue weighted by Crippen LogP contribution is 2.10. The lowest BCUT2D eigenvalue weighted by Gasteiger charge is -2.15. The SMILES string of the molecule is CCNC(=NCC(Cc1ccc(F)cc1)C(N)=O)NCCCn1nc(C)cc1C.I. The number of nitrogens with two attached hydrogens (primary N) is 1. The Balaban J connectivity index is 0.00000450. The van der Waals surface area contributed by atoms with Gasteiger partial charge in [-0.15, -0.1) is 24.0 Å². The van der Waals surface area contributed by atoms with Gasteiger partial charge in [0.25, 0.3) is 0 Å². The third-order valence-corrected chi connectivity index (χ3v) is 4.55. The molecule has 1 aromatic carbocycles. The molecule has 0 aliphatic heterocycles. The second kappa shape index (κ2) is 13.2. The van der Waals surface area contributed by atoms with Gasteiger partial charge >= 0.3 is 0 Å². The summed E-state index contributed by atoms with van der Waals surface area (Å²) in [6.45, 7) is 8.53. The maximum absolute atomic E-state index is 13.1. The van der Waals surface area contributed by atoms with Crippen LogP contribution in [-0.2, 0) is 17.8 Å². The maximum Gasteiger partial charge on any atom is 0.222 e. The number of aryl methyl sites for hydroxylation is 3. The molecule has 4 N–H and O–H groups in total. The summed E-state index contributed by atoms with van der Waals surface area (Å²) in [4.78, 5) is 16.3. The van der Waals surface area contributed by atoms with Gasteiger partial charge in [-0.25, -0.2) is 4.39 Å². The van der Waals surface area contributed by atoms with Gasteiger partial charge < -0.3 is 16.4 Å². The minimum atomic E-state index is -0.453. The molecule has 1 unspecified atom stereocenters. The Labute approximate surface area is 194 Å². The molecule has 0 spiro atoms. The van der Waals surface area contributed by atoms with Crippen LogP contribution in [0.5, 0.6) is 0 Å². The smallest absolute Gasteiger partial charge is 0.222 e. The lowest BCUT2D eigenvalue weighted by Crippen LogP contribution is -2.39. The van der Waals surface area contributed by atoms with E-state index in [2.05, 4.69) is 26.8 Å². The zero-order chi connectivity index (χ0) is 21.2. The number of amides is 1. The highest BCUT2D eigenvalue weighted by Gasteiger charge is 2.16. The van der Waals surface area contributed by atoms with Crippen LogP contribution in [0.25, 0.3) is 0 Å². The second-order valence-corrected chi connectivity index (χ2v) is 7.08. The molecule has 0 radical (unpaired) electrons. The monoisotopic (exact) mass is 530 g/mol. The van der Waals surface area contributed by atoms with Crippen LogP contribution in [-0.4, -0.2) is 41.3 Å². The molecule has 166 valence electrons. The van der Waals surface area contributed by atoms with Gasteiger partial charge in [0.15, 0.2) is 5.96 Å². The number of nitrogens with one attached hydrogen (secondary N) is 2. The number of guanidine groups is 1.